The van der Waals surface area contributed by atoms with E-state index >= 15 is 0 Å². The Bertz CT molecular complexity index is 1020. The highest BCUT2D eigenvalue weighted by molar-refractivity contribution is 6.07. The lowest BCUT2D eigenvalue weighted by Gasteiger charge is -2.28. The molecule has 4 rings (SSSR count). The fraction of sp³-hybridized carbons (Fsp3) is 0.304. The molecule has 29 heavy (non-hydrogen) atoms. The number of fused-ring (bicyclic) bond motifs is 1. The standard InChI is InChI=1S/C23H25N3O2.ClH/c1-16-14-22(26-12-6-3-7-13-26)25-20-11-10-17(15-19(16)20)24-23(27)18-8-4-5-9-21(18)28-2;/h4-5,8-11,14-15H,3,6-7,12-13H2,1-2H3,(H,24,27);1H. The highest BCUT2D eigenvalue weighted by Gasteiger charge is 2.15. The minimum absolute atomic E-state index is 0. The molecule has 6 heteroatoms. The number of pyridine rings is 1. The van der Waals surface area contributed by atoms with Gasteiger partial charge in [-0.1, -0.05) is 12.1 Å². The molecule has 0 saturated carbocycles. The molecule has 0 bridgehead atoms. The Balaban J connectivity index is 0.00000240. The summed E-state index contributed by atoms with van der Waals surface area (Å²) in [5, 5.41) is 4.03. The third-order valence-corrected chi connectivity index (χ3v) is 5.29. The Morgan fingerprint density at radius 1 is 1.07 bits per heavy atom. The SMILES string of the molecule is COc1ccccc1C(=O)Nc1ccc2nc(N3CCCCC3)cc(C)c2c1.Cl. The number of piperidine rings is 1. The highest BCUT2D eigenvalue weighted by atomic mass is 35.5. The van der Waals surface area contributed by atoms with Crippen molar-refractivity contribution in [1.82, 2.24) is 4.98 Å². The number of methoxy groups -OCH3 is 1. The number of carbonyl (C=O) groups excluding carboxylic acids is 1. The molecule has 0 radical (unpaired) electrons. The summed E-state index contributed by atoms with van der Waals surface area (Å²) in [4.78, 5) is 19.9. The van der Waals surface area contributed by atoms with E-state index in [1.165, 1.54) is 24.8 Å². The van der Waals surface area contributed by atoms with Crippen LogP contribution >= 0.6 is 12.4 Å². The van der Waals surface area contributed by atoms with Crippen LogP contribution in [-0.4, -0.2) is 31.1 Å². The number of hydrogen-bond acceptors (Lipinski definition) is 4. The van der Waals surface area contributed by atoms with Gasteiger partial charge in [0, 0.05) is 24.2 Å². The molecule has 3 aromatic rings. The van der Waals surface area contributed by atoms with E-state index in [9.17, 15) is 4.79 Å². The summed E-state index contributed by atoms with van der Waals surface area (Å²) >= 11 is 0. The molecule has 0 atom stereocenters. The number of para-hydroxylation sites is 1. The third-order valence-electron chi connectivity index (χ3n) is 5.29. The average molecular weight is 412 g/mol. The molecule has 1 saturated heterocycles. The third kappa shape index (κ3) is 4.46. The summed E-state index contributed by atoms with van der Waals surface area (Å²) in [6, 6.07) is 15.2. The number of aryl methyl sites for hydroxylation is 1. The lowest BCUT2D eigenvalue weighted by molar-refractivity contribution is 0.102. The first-order valence-electron chi connectivity index (χ1n) is 9.76. The van der Waals surface area contributed by atoms with E-state index in [-0.39, 0.29) is 18.3 Å². The van der Waals surface area contributed by atoms with E-state index in [0.717, 1.165) is 35.5 Å². The lowest BCUT2D eigenvalue weighted by atomic mass is 10.1. The number of nitrogens with zero attached hydrogens (tertiary/aromatic N) is 2. The Labute approximate surface area is 177 Å². The van der Waals surface area contributed by atoms with Gasteiger partial charge in [0.2, 0.25) is 0 Å². The van der Waals surface area contributed by atoms with Crippen molar-refractivity contribution < 1.29 is 9.53 Å². The number of benzene rings is 2. The molecule has 1 amide bonds. The van der Waals surface area contributed by atoms with Crippen molar-refractivity contribution in [3.63, 3.8) is 0 Å². The van der Waals surface area contributed by atoms with Gasteiger partial charge in [-0.15, -0.1) is 12.4 Å². The Hall–Kier alpha value is -2.79. The van der Waals surface area contributed by atoms with Crippen molar-refractivity contribution in [2.45, 2.75) is 26.2 Å². The van der Waals surface area contributed by atoms with Gasteiger partial charge >= 0.3 is 0 Å². The molecule has 1 aliphatic rings. The molecule has 2 heterocycles. The van der Waals surface area contributed by atoms with Crippen LogP contribution in [0.1, 0.15) is 35.2 Å². The fourth-order valence-electron chi connectivity index (χ4n) is 3.77. The van der Waals surface area contributed by atoms with Crippen molar-refractivity contribution in [3.8, 4) is 5.75 Å². The molecule has 0 spiro atoms. The molecule has 1 fully saturated rings. The van der Waals surface area contributed by atoms with Gasteiger partial charge in [0.05, 0.1) is 18.2 Å². The van der Waals surface area contributed by atoms with Crippen LogP contribution in [0.3, 0.4) is 0 Å². The second kappa shape index (κ2) is 9.14. The average Bonchev–Trinajstić information content (AvgIpc) is 2.74. The maximum atomic E-state index is 12.7. The molecule has 0 aliphatic carbocycles. The molecular weight excluding hydrogens is 386 g/mol. The molecule has 1 aliphatic heterocycles. The lowest BCUT2D eigenvalue weighted by Crippen LogP contribution is -2.30. The number of anilines is 2. The Morgan fingerprint density at radius 2 is 1.83 bits per heavy atom. The summed E-state index contributed by atoms with van der Waals surface area (Å²) in [6.45, 7) is 4.25. The summed E-state index contributed by atoms with van der Waals surface area (Å²) in [7, 11) is 1.57. The van der Waals surface area contributed by atoms with Gasteiger partial charge < -0.3 is 15.0 Å². The highest BCUT2D eigenvalue weighted by Crippen LogP contribution is 2.27. The Morgan fingerprint density at radius 3 is 2.59 bits per heavy atom. The maximum Gasteiger partial charge on any atom is 0.259 e. The molecule has 1 N–H and O–H groups in total. The number of rotatable bonds is 4. The van der Waals surface area contributed by atoms with E-state index in [1.807, 2.05) is 30.3 Å². The molecule has 2 aromatic carbocycles. The van der Waals surface area contributed by atoms with Crippen LogP contribution in [-0.2, 0) is 0 Å². The monoisotopic (exact) mass is 411 g/mol. The minimum atomic E-state index is -0.188. The summed E-state index contributed by atoms with van der Waals surface area (Å²) < 4.78 is 5.29. The second-order valence-electron chi connectivity index (χ2n) is 7.23. The van der Waals surface area contributed by atoms with Gasteiger partial charge in [0.1, 0.15) is 11.6 Å². The van der Waals surface area contributed by atoms with E-state index in [2.05, 4.69) is 23.2 Å². The van der Waals surface area contributed by atoms with E-state index in [0.29, 0.717) is 11.3 Å². The zero-order valence-electron chi connectivity index (χ0n) is 16.8. The van der Waals surface area contributed by atoms with Crippen LogP contribution in [0.2, 0.25) is 0 Å². The van der Waals surface area contributed by atoms with E-state index in [1.54, 1.807) is 19.2 Å². The van der Waals surface area contributed by atoms with Gasteiger partial charge in [-0.3, -0.25) is 4.79 Å². The van der Waals surface area contributed by atoms with E-state index < -0.39 is 0 Å². The first kappa shape index (κ1) is 20.9. The van der Waals surface area contributed by atoms with Gasteiger partial charge in [0.15, 0.2) is 0 Å². The van der Waals surface area contributed by atoms with Crippen LogP contribution in [0.4, 0.5) is 11.5 Å². The number of halogens is 1. The molecular formula is C23H26ClN3O2. The predicted octanol–water partition coefficient (Wildman–Crippen LogP) is 5.22. The number of carbonyl (C=O) groups is 1. The summed E-state index contributed by atoms with van der Waals surface area (Å²) in [5.41, 5.74) is 3.38. The fourth-order valence-corrected chi connectivity index (χ4v) is 3.77. The Kier molecular flexibility index (Phi) is 6.60. The van der Waals surface area contributed by atoms with Crippen molar-refractivity contribution in [2.75, 3.05) is 30.4 Å². The molecule has 1 aromatic heterocycles. The summed E-state index contributed by atoms with van der Waals surface area (Å²) in [5.74, 6) is 1.42. The first-order valence-corrected chi connectivity index (χ1v) is 9.76. The van der Waals surface area contributed by atoms with E-state index in [4.69, 9.17) is 9.72 Å². The quantitative estimate of drug-likeness (QED) is 0.639. The number of ether oxygens (including phenoxy) is 1. The normalized spacial score (nSPS) is 13.7. The zero-order chi connectivity index (χ0) is 19.5. The zero-order valence-corrected chi connectivity index (χ0v) is 17.6. The number of aromatic nitrogens is 1. The first-order chi connectivity index (χ1) is 13.7. The second-order valence-corrected chi connectivity index (χ2v) is 7.23. The van der Waals surface area contributed by atoms with Gasteiger partial charge in [-0.05, 0) is 68.1 Å². The number of nitrogens with one attached hydrogen (secondary N) is 1. The van der Waals surface area contributed by atoms with Crippen molar-refractivity contribution in [1.29, 1.82) is 0 Å². The summed E-state index contributed by atoms with van der Waals surface area (Å²) in [6.07, 6.45) is 3.76. The number of amides is 1. The molecule has 152 valence electrons. The number of hydrogen-bond donors (Lipinski definition) is 1. The van der Waals surface area contributed by atoms with Crippen LogP contribution in [0, 0.1) is 6.92 Å². The minimum Gasteiger partial charge on any atom is -0.496 e. The van der Waals surface area contributed by atoms with Gasteiger partial charge in [-0.2, -0.15) is 0 Å². The van der Waals surface area contributed by atoms with Gasteiger partial charge in [0.25, 0.3) is 5.91 Å². The van der Waals surface area contributed by atoms with Crippen LogP contribution in [0.15, 0.2) is 48.5 Å². The molecule has 5 nitrogen and oxygen atoms in total. The smallest absolute Gasteiger partial charge is 0.259 e. The maximum absolute atomic E-state index is 12.7. The topological polar surface area (TPSA) is 54.5 Å². The van der Waals surface area contributed by atoms with Crippen molar-refractivity contribution >= 4 is 40.7 Å². The van der Waals surface area contributed by atoms with Crippen LogP contribution < -0.4 is 15.0 Å². The van der Waals surface area contributed by atoms with Crippen molar-refractivity contribution in [2.24, 2.45) is 0 Å². The van der Waals surface area contributed by atoms with Crippen molar-refractivity contribution in [3.05, 3.63) is 59.7 Å². The largest absolute Gasteiger partial charge is 0.496 e. The van der Waals surface area contributed by atoms with Gasteiger partial charge in [-0.25, -0.2) is 4.98 Å². The van der Waals surface area contributed by atoms with Crippen LogP contribution in [0.5, 0.6) is 5.75 Å². The predicted molar refractivity (Wildman–Crippen MR) is 121 cm³/mol. The van der Waals surface area contributed by atoms with Crippen LogP contribution in [0.25, 0.3) is 10.9 Å². The molecule has 0 unspecified atom stereocenters.